The summed E-state index contributed by atoms with van der Waals surface area (Å²) in [6.07, 6.45) is 6.17. The molecular formula is C17H22O3. The summed E-state index contributed by atoms with van der Waals surface area (Å²) >= 11 is 0. The predicted molar refractivity (Wildman–Crippen MR) is 77.2 cm³/mol. The summed E-state index contributed by atoms with van der Waals surface area (Å²) < 4.78 is 10.8. The molecule has 2 aliphatic rings. The van der Waals surface area contributed by atoms with E-state index in [9.17, 15) is 4.79 Å². The molecule has 0 aromatic heterocycles. The van der Waals surface area contributed by atoms with E-state index >= 15 is 0 Å². The van der Waals surface area contributed by atoms with Gasteiger partial charge in [0.25, 0.3) is 0 Å². The fourth-order valence-electron chi connectivity index (χ4n) is 3.18. The zero-order chi connectivity index (χ0) is 13.8. The highest BCUT2D eigenvalue weighted by Crippen LogP contribution is 2.32. The number of hydrogen-bond acceptors (Lipinski definition) is 3. The molecule has 3 heteroatoms. The van der Waals surface area contributed by atoms with Crippen molar-refractivity contribution in [3.63, 3.8) is 0 Å². The van der Waals surface area contributed by atoms with Gasteiger partial charge < -0.3 is 9.47 Å². The van der Waals surface area contributed by atoms with Crippen molar-refractivity contribution in [2.24, 2.45) is 0 Å². The van der Waals surface area contributed by atoms with Crippen molar-refractivity contribution < 1.29 is 14.3 Å². The van der Waals surface area contributed by atoms with E-state index in [1.165, 1.54) is 37.7 Å². The summed E-state index contributed by atoms with van der Waals surface area (Å²) in [5.74, 6) is 0.724. The molecule has 1 saturated heterocycles. The lowest BCUT2D eigenvalue weighted by molar-refractivity contribution is -0.0719. The van der Waals surface area contributed by atoms with Crippen LogP contribution in [0.25, 0.3) is 0 Å². The highest BCUT2D eigenvalue weighted by atomic mass is 16.6. The molecule has 0 bridgehead atoms. The maximum absolute atomic E-state index is 12.3. The van der Waals surface area contributed by atoms with E-state index in [1.54, 1.807) is 0 Å². The Morgan fingerprint density at radius 3 is 2.40 bits per heavy atom. The maximum Gasteiger partial charge on any atom is 0.193 e. The molecule has 0 spiro atoms. The topological polar surface area (TPSA) is 35.5 Å². The van der Waals surface area contributed by atoms with Gasteiger partial charge in [-0.2, -0.15) is 0 Å². The second-order valence-corrected chi connectivity index (χ2v) is 5.76. The van der Waals surface area contributed by atoms with Crippen LogP contribution in [0.15, 0.2) is 24.3 Å². The van der Waals surface area contributed by atoms with Gasteiger partial charge in [0.2, 0.25) is 0 Å². The third-order valence-corrected chi connectivity index (χ3v) is 4.38. The van der Waals surface area contributed by atoms with E-state index in [-0.39, 0.29) is 5.78 Å². The Kier molecular flexibility index (Phi) is 4.48. The average molecular weight is 274 g/mol. The van der Waals surface area contributed by atoms with Crippen molar-refractivity contribution in [2.45, 2.75) is 44.1 Å². The monoisotopic (exact) mass is 274 g/mol. The van der Waals surface area contributed by atoms with Gasteiger partial charge in [0, 0.05) is 5.56 Å². The summed E-state index contributed by atoms with van der Waals surface area (Å²) in [4.78, 5) is 12.3. The number of Topliss-reactive ketones (excluding diaryl/α,β-unsaturated/α-hetero) is 1. The van der Waals surface area contributed by atoms with Crippen molar-refractivity contribution >= 4 is 5.78 Å². The van der Waals surface area contributed by atoms with Gasteiger partial charge in [-0.15, -0.1) is 0 Å². The summed E-state index contributed by atoms with van der Waals surface area (Å²) in [5, 5.41) is 0. The molecule has 1 aromatic carbocycles. The van der Waals surface area contributed by atoms with Gasteiger partial charge in [0.05, 0.1) is 19.8 Å². The zero-order valence-electron chi connectivity index (χ0n) is 11.8. The van der Waals surface area contributed by atoms with Crippen molar-refractivity contribution in [1.29, 1.82) is 0 Å². The van der Waals surface area contributed by atoms with Gasteiger partial charge in [-0.05, 0) is 24.3 Å². The SMILES string of the molecule is O=C(c1ccc(C2CCCCC2)cc1)C1COCCO1. The molecule has 3 rings (SSSR count). The van der Waals surface area contributed by atoms with E-state index in [2.05, 4.69) is 12.1 Å². The largest absolute Gasteiger partial charge is 0.376 e. The lowest BCUT2D eigenvalue weighted by Crippen LogP contribution is -2.35. The van der Waals surface area contributed by atoms with Crippen molar-refractivity contribution in [2.75, 3.05) is 19.8 Å². The van der Waals surface area contributed by atoms with Crippen LogP contribution >= 0.6 is 0 Å². The molecule has 1 aromatic rings. The molecule has 20 heavy (non-hydrogen) atoms. The Morgan fingerprint density at radius 2 is 1.75 bits per heavy atom. The average Bonchev–Trinajstić information content (AvgIpc) is 2.56. The third kappa shape index (κ3) is 3.10. The van der Waals surface area contributed by atoms with Gasteiger partial charge >= 0.3 is 0 Å². The lowest BCUT2D eigenvalue weighted by Gasteiger charge is -2.23. The van der Waals surface area contributed by atoms with Crippen LogP contribution < -0.4 is 0 Å². The second kappa shape index (κ2) is 6.51. The minimum Gasteiger partial charge on any atom is -0.376 e. The van der Waals surface area contributed by atoms with E-state index < -0.39 is 6.10 Å². The number of carbonyl (C=O) groups excluding carboxylic acids is 1. The molecule has 1 heterocycles. The number of ether oxygens (including phenoxy) is 2. The molecule has 0 amide bonds. The molecule has 1 unspecified atom stereocenters. The second-order valence-electron chi connectivity index (χ2n) is 5.76. The minimum atomic E-state index is -0.427. The standard InChI is InChI=1S/C17H22O3/c18-17(16-12-19-10-11-20-16)15-8-6-14(7-9-15)13-4-2-1-3-5-13/h6-9,13,16H,1-5,10-12H2. The van der Waals surface area contributed by atoms with Gasteiger partial charge in [0.1, 0.15) is 6.10 Å². The highest BCUT2D eigenvalue weighted by Gasteiger charge is 2.24. The van der Waals surface area contributed by atoms with Crippen LogP contribution in [0.3, 0.4) is 0 Å². The van der Waals surface area contributed by atoms with Crippen LogP contribution in [0.2, 0.25) is 0 Å². The number of benzene rings is 1. The smallest absolute Gasteiger partial charge is 0.193 e. The molecule has 1 aliphatic carbocycles. The number of carbonyl (C=O) groups is 1. The maximum atomic E-state index is 12.3. The first-order valence-corrected chi connectivity index (χ1v) is 7.68. The van der Waals surface area contributed by atoms with E-state index in [0.717, 1.165) is 5.56 Å². The Labute approximate surface area is 120 Å². The summed E-state index contributed by atoms with van der Waals surface area (Å²) in [7, 11) is 0. The Hall–Kier alpha value is -1.19. The first-order valence-electron chi connectivity index (χ1n) is 7.68. The first kappa shape index (κ1) is 13.8. The van der Waals surface area contributed by atoms with Crippen LogP contribution in [0.1, 0.15) is 53.9 Å². The molecule has 3 nitrogen and oxygen atoms in total. The number of ketones is 1. The van der Waals surface area contributed by atoms with Gasteiger partial charge in [-0.25, -0.2) is 0 Å². The quantitative estimate of drug-likeness (QED) is 0.793. The molecule has 0 radical (unpaired) electrons. The van der Waals surface area contributed by atoms with Crippen LogP contribution in [0.4, 0.5) is 0 Å². The highest BCUT2D eigenvalue weighted by molar-refractivity contribution is 5.99. The molecule has 1 aliphatic heterocycles. The molecular weight excluding hydrogens is 252 g/mol. The minimum absolute atomic E-state index is 0.0416. The lowest BCUT2D eigenvalue weighted by atomic mass is 9.84. The van der Waals surface area contributed by atoms with Gasteiger partial charge in [-0.1, -0.05) is 43.5 Å². The molecule has 108 valence electrons. The summed E-state index contributed by atoms with van der Waals surface area (Å²) in [5.41, 5.74) is 2.11. The Bertz CT molecular complexity index is 440. The Balaban J connectivity index is 1.67. The van der Waals surface area contributed by atoms with Gasteiger partial charge in [-0.3, -0.25) is 4.79 Å². The number of rotatable bonds is 3. The van der Waals surface area contributed by atoms with Crippen LogP contribution in [0.5, 0.6) is 0 Å². The van der Waals surface area contributed by atoms with Crippen LogP contribution in [-0.2, 0) is 9.47 Å². The zero-order valence-corrected chi connectivity index (χ0v) is 11.8. The molecule has 0 N–H and O–H groups in total. The fourth-order valence-corrected chi connectivity index (χ4v) is 3.18. The van der Waals surface area contributed by atoms with E-state index in [1.807, 2.05) is 12.1 Å². The fraction of sp³-hybridized carbons (Fsp3) is 0.588. The molecule has 1 saturated carbocycles. The van der Waals surface area contributed by atoms with E-state index in [4.69, 9.17) is 9.47 Å². The van der Waals surface area contributed by atoms with E-state index in [0.29, 0.717) is 25.7 Å². The van der Waals surface area contributed by atoms with Crippen molar-refractivity contribution in [3.8, 4) is 0 Å². The summed E-state index contributed by atoms with van der Waals surface area (Å²) in [6.45, 7) is 1.48. The third-order valence-electron chi connectivity index (χ3n) is 4.38. The normalized spacial score (nSPS) is 24.5. The number of hydrogen-bond donors (Lipinski definition) is 0. The predicted octanol–water partition coefficient (Wildman–Crippen LogP) is 3.33. The van der Waals surface area contributed by atoms with Crippen LogP contribution in [-0.4, -0.2) is 31.7 Å². The van der Waals surface area contributed by atoms with Crippen molar-refractivity contribution in [3.05, 3.63) is 35.4 Å². The Morgan fingerprint density at radius 1 is 1.00 bits per heavy atom. The van der Waals surface area contributed by atoms with Gasteiger partial charge in [0.15, 0.2) is 5.78 Å². The van der Waals surface area contributed by atoms with Crippen LogP contribution in [0, 0.1) is 0 Å². The first-order chi connectivity index (χ1) is 9.84. The summed E-state index contributed by atoms with van der Waals surface area (Å²) in [6, 6.07) is 8.13. The van der Waals surface area contributed by atoms with Crippen molar-refractivity contribution in [1.82, 2.24) is 0 Å². The molecule has 1 atom stereocenters. The molecule has 2 fully saturated rings.